The van der Waals surface area contributed by atoms with Crippen molar-refractivity contribution >= 4 is 52.5 Å². The Kier molecular flexibility index (Phi) is 8.81. The van der Waals surface area contributed by atoms with E-state index in [0.717, 1.165) is 11.3 Å². The van der Waals surface area contributed by atoms with E-state index in [1.54, 1.807) is 42.5 Å². The molecule has 28 heavy (non-hydrogen) atoms. The predicted octanol–water partition coefficient (Wildman–Crippen LogP) is 3.74. The van der Waals surface area contributed by atoms with Crippen molar-refractivity contribution in [1.29, 1.82) is 0 Å². The molecule has 0 fully saturated rings. The molecule has 0 bridgehead atoms. The first kappa shape index (κ1) is 21.8. The second-order valence-corrected chi connectivity index (χ2v) is 6.55. The van der Waals surface area contributed by atoms with Gasteiger partial charge in [0.25, 0.3) is 11.8 Å². The predicted molar refractivity (Wildman–Crippen MR) is 113 cm³/mol. The molecule has 2 aromatic rings. The van der Waals surface area contributed by atoms with E-state index in [0.29, 0.717) is 36.1 Å². The van der Waals surface area contributed by atoms with Crippen molar-refractivity contribution in [3.05, 3.63) is 65.7 Å². The number of hydroxylamine groups is 1. The standard InChI is InChI=1S/C20H21Cl2N3O3/c21-11-13-25(14-12-22)18-8-4-16(5-9-18)20(27)23-17-6-1-15(2-7-17)3-10-19(26)24-28/h1-10,28H,11-14H2,(H,23,27)(H,24,26). The van der Waals surface area contributed by atoms with Gasteiger partial charge in [-0.2, -0.15) is 0 Å². The minimum Gasteiger partial charge on any atom is -0.369 e. The van der Waals surface area contributed by atoms with Crippen molar-refractivity contribution < 1.29 is 14.8 Å². The van der Waals surface area contributed by atoms with Gasteiger partial charge in [0.15, 0.2) is 0 Å². The number of amides is 2. The van der Waals surface area contributed by atoms with Crippen LogP contribution >= 0.6 is 23.2 Å². The minimum atomic E-state index is -0.614. The van der Waals surface area contributed by atoms with Crippen LogP contribution in [0.2, 0.25) is 0 Å². The highest BCUT2D eigenvalue weighted by Crippen LogP contribution is 2.17. The lowest BCUT2D eigenvalue weighted by Gasteiger charge is -2.22. The number of halogens is 2. The molecule has 0 saturated heterocycles. The molecule has 0 unspecified atom stereocenters. The molecule has 0 aromatic heterocycles. The molecule has 2 rings (SSSR count). The first-order valence-electron chi connectivity index (χ1n) is 8.58. The molecule has 2 amide bonds. The number of carbonyl (C=O) groups excluding carboxylic acids is 2. The zero-order chi connectivity index (χ0) is 20.4. The van der Waals surface area contributed by atoms with Crippen LogP contribution in [0.25, 0.3) is 6.08 Å². The summed E-state index contributed by atoms with van der Waals surface area (Å²) >= 11 is 11.6. The summed E-state index contributed by atoms with van der Waals surface area (Å²) in [7, 11) is 0. The molecule has 0 radical (unpaired) electrons. The second kappa shape index (κ2) is 11.3. The lowest BCUT2D eigenvalue weighted by molar-refractivity contribution is -0.124. The number of rotatable bonds is 9. The summed E-state index contributed by atoms with van der Waals surface area (Å²) in [5.41, 5.74) is 4.39. The molecule has 0 saturated carbocycles. The van der Waals surface area contributed by atoms with E-state index >= 15 is 0 Å². The van der Waals surface area contributed by atoms with E-state index in [1.807, 2.05) is 12.1 Å². The van der Waals surface area contributed by atoms with E-state index in [4.69, 9.17) is 28.4 Å². The molecular formula is C20H21Cl2N3O3. The molecule has 0 aliphatic carbocycles. The molecule has 0 aliphatic heterocycles. The molecule has 8 heteroatoms. The first-order chi connectivity index (χ1) is 13.6. The maximum Gasteiger partial charge on any atom is 0.267 e. The number of nitrogens with one attached hydrogen (secondary N) is 2. The summed E-state index contributed by atoms with van der Waals surface area (Å²) in [5, 5.41) is 11.3. The van der Waals surface area contributed by atoms with Crippen LogP contribution in [-0.4, -0.2) is 41.9 Å². The number of carbonyl (C=O) groups is 2. The van der Waals surface area contributed by atoms with Gasteiger partial charge in [0.2, 0.25) is 0 Å². The highest BCUT2D eigenvalue weighted by atomic mass is 35.5. The van der Waals surface area contributed by atoms with Gasteiger partial charge in [-0.25, -0.2) is 5.48 Å². The van der Waals surface area contributed by atoms with Crippen LogP contribution in [0, 0.1) is 0 Å². The maximum atomic E-state index is 12.4. The van der Waals surface area contributed by atoms with Crippen LogP contribution in [0.15, 0.2) is 54.6 Å². The van der Waals surface area contributed by atoms with Crippen molar-refractivity contribution in [2.24, 2.45) is 0 Å². The van der Waals surface area contributed by atoms with E-state index in [1.165, 1.54) is 11.6 Å². The summed E-state index contributed by atoms with van der Waals surface area (Å²) in [6.07, 6.45) is 2.75. The fraction of sp³-hybridized carbons (Fsp3) is 0.200. The largest absolute Gasteiger partial charge is 0.369 e. The number of benzene rings is 2. The molecule has 0 spiro atoms. The first-order valence-corrected chi connectivity index (χ1v) is 9.64. The minimum absolute atomic E-state index is 0.226. The van der Waals surface area contributed by atoms with Crippen LogP contribution in [0.5, 0.6) is 0 Å². The topological polar surface area (TPSA) is 81.7 Å². The quantitative estimate of drug-likeness (QED) is 0.249. The zero-order valence-corrected chi connectivity index (χ0v) is 16.6. The third-order valence-corrected chi connectivity index (χ3v) is 4.25. The van der Waals surface area contributed by atoms with Crippen LogP contribution in [0.1, 0.15) is 15.9 Å². The molecule has 148 valence electrons. The van der Waals surface area contributed by atoms with E-state index in [2.05, 4.69) is 10.2 Å². The summed E-state index contributed by atoms with van der Waals surface area (Å²) in [5.74, 6) is 0.150. The van der Waals surface area contributed by atoms with Crippen LogP contribution in [0.4, 0.5) is 11.4 Å². The van der Waals surface area contributed by atoms with Crippen molar-refractivity contribution in [2.75, 3.05) is 35.1 Å². The van der Waals surface area contributed by atoms with Gasteiger partial charge in [-0.15, -0.1) is 23.2 Å². The van der Waals surface area contributed by atoms with Crippen molar-refractivity contribution in [3.63, 3.8) is 0 Å². The van der Waals surface area contributed by atoms with Gasteiger partial charge < -0.3 is 10.2 Å². The van der Waals surface area contributed by atoms with E-state index in [-0.39, 0.29) is 5.91 Å². The number of nitrogens with zero attached hydrogens (tertiary/aromatic N) is 1. The number of anilines is 2. The lowest BCUT2D eigenvalue weighted by atomic mass is 10.1. The van der Waals surface area contributed by atoms with Gasteiger partial charge >= 0.3 is 0 Å². The molecule has 2 aromatic carbocycles. The molecule has 0 atom stereocenters. The molecule has 3 N–H and O–H groups in total. The van der Waals surface area contributed by atoms with E-state index < -0.39 is 5.91 Å². The van der Waals surface area contributed by atoms with Gasteiger partial charge in [0, 0.05) is 47.9 Å². The highest BCUT2D eigenvalue weighted by molar-refractivity contribution is 6.18. The second-order valence-electron chi connectivity index (χ2n) is 5.80. The summed E-state index contributed by atoms with van der Waals surface area (Å²) in [6.45, 7) is 1.36. The highest BCUT2D eigenvalue weighted by Gasteiger charge is 2.09. The average Bonchev–Trinajstić information content (AvgIpc) is 2.73. The Labute approximate surface area is 173 Å². The molecular weight excluding hydrogens is 401 g/mol. The smallest absolute Gasteiger partial charge is 0.267 e. The number of hydrogen-bond acceptors (Lipinski definition) is 4. The van der Waals surface area contributed by atoms with Crippen LogP contribution in [-0.2, 0) is 4.79 Å². The Morgan fingerprint density at radius 3 is 2.11 bits per heavy atom. The van der Waals surface area contributed by atoms with Crippen LogP contribution in [0.3, 0.4) is 0 Å². The SMILES string of the molecule is O=C(C=Cc1ccc(NC(=O)c2ccc(N(CCCl)CCCl)cc2)cc1)NO. The van der Waals surface area contributed by atoms with Crippen molar-refractivity contribution in [2.45, 2.75) is 0 Å². The Hall–Kier alpha value is -2.54. The number of alkyl halides is 2. The summed E-state index contributed by atoms with van der Waals surface area (Å²) in [6, 6.07) is 14.2. The summed E-state index contributed by atoms with van der Waals surface area (Å²) < 4.78 is 0. The fourth-order valence-corrected chi connectivity index (χ4v) is 2.90. The molecule has 0 aliphatic rings. The Morgan fingerprint density at radius 2 is 1.57 bits per heavy atom. The maximum absolute atomic E-state index is 12.4. The number of hydrogen-bond donors (Lipinski definition) is 3. The lowest BCUT2D eigenvalue weighted by Crippen LogP contribution is -2.27. The normalized spacial score (nSPS) is 10.7. The van der Waals surface area contributed by atoms with Gasteiger partial charge in [-0.1, -0.05) is 12.1 Å². The van der Waals surface area contributed by atoms with Crippen molar-refractivity contribution in [1.82, 2.24) is 5.48 Å². The van der Waals surface area contributed by atoms with Gasteiger partial charge in [0.05, 0.1) is 0 Å². The monoisotopic (exact) mass is 421 g/mol. The van der Waals surface area contributed by atoms with Crippen molar-refractivity contribution in [3.8, 4) is 0 Å². The Bertz CT molecular complexity index is 802. The Balaban J connectivity index is 2.00. The van der Waals surface area contributed by atoms with Gasteiger partial charge in [0.1, 0.15) is 0 Å². The zero-order valence-electron chi connectivity index (χ0n) is 15.1. The average molecular weight is 422 g/mol. The van der Waals surface area contributed by atoms with Gasteiger partial charge in [-0.3, -0.25) is 14.8 Å². The fourth-order valence-electron chi connectivity index (χ4n) is 2.49. The molecule has 0 heterocycles. The Morgan fingerprint density at radius 1 is 0.964 bits per heavy atom. The third-order valence-electron chi connectivity index (χ3n) is 3.91. The summed E-state index contributed by atoms with van der Waals surface area (Å²) in [4.78, 5) is 25.5. The van der Waals surface area contributed by atoms with Gasteiger partial charge in [-0.05, 0) is 48.0 Å². The van der Waals surface area contributed by atoms with E-state index in [9.17, 15) is 9.59 Å². The molecule has 6 nitrogen and oxygen atoms in total. The third kappa shape index (κ3) is 6.56. The van der Waals surface area contributed by atoms with Crippen LogP contribution < -0.4 is 15.7 Å².